The Morgan fingerprint density at radius 3 is 2.44 bits per heavy atom. The molecule has 4 aromatic rings. The molecule has 0 radical (unpaired) electrons. The molecule has 160 valence electrons. The molecule has 32 heavy (non-hydrogen) atoms. The molecule has 0 amide bonds. The minimum absolute atomic E-state index is 0.0416. The third-order valence-corrected chi connectivity index (χ3v) is 5.46. The fourth-order valence-corrected chi connectivity index (χ4v) is 3.67. The monoisotopic (exact) mass is 424 g/mol. The number of carbonyl (C=O) groups excluding carboxylic acids is 2. The second-order valence-electron chi connectivity index (χ2n) is 7.64. The summed E-state index contributed by atoms with van der Waals surface area (Å²) in [6, 6.07) is 24.1. The summed E-state index contributed by atoms with van der Waals surface area (Å²) >= 11 is 0. The predicted octanol–water partition coefficient (Wildman–Crippen LogP) is 4.35. The number of ketones is 2. The van der Waals surface area contributed by atoms with Gasteiger partial charge in [0.2, 0.25) is 0 Å². The van der Waals surface area contributed by atoms with Gasteiger partial charge in [0.25, 0.3) is 0 Å². The van der Waals surface area contributed by atoms with Crippen LogP contribution in [-0.4, -0.2) is 29.7 Å². The maximum Gasteiger partial charge on any atom is 0.200 e. The molecule has 0 aliphatic rings. The molecular formula is C27H24N2O3. The first-order chi connectivity index (χ1) is 15.6. The van der Waals surface area contributed by atoms with Crippen LogP contribution in [0.15, 0.2) is 91.3 Å². The van der Waals surface area contributed by atoms with E-state index in [0.29, 0.717) is 17.7 Å². The number of nitrogens with two attached hydrogens (primary N) is 1. The van der Waals surface area contributed by atoms with Crippen LogP contribution in [0.5, 0.6) is 5.75 Å². The number of rotatable bonds is 9. The lowest BCUT2D eigenvalue weighted by Crippen LogP contribution is -2.23. The Balaban J connectivity index is 1.39. The smallest absolute Gasteiger partial charge is 0.200 e. The summed E-state index contributed by atoms with van der Waals surface area (Å²) < 4.78 is 5.62. The molecule has 1 unspecified atom stereocenters. The summed E-state index contributed by atoms with van der Waals surface area (Å²) in [5, 5.41) is 2.10. The van der Waals surface area contributed by atoms with E-state index in [2.05, 4.69) is 4.98 Å². The van der Waals surface area contributed by atoms with Gasteiger partial charge in [-0.05, 0) is 34.7 Å². The van der Waals surface area contributed by atoms with Crippen molar-refractivity contribution in [3.05, 3.63) is 108 Å². The third kappa shape index (κ3) is 5.07. The summed E-state index contributed by atoms with van der Waals surface area (Å²) in [5.74, 6) is 0.150. The zero-order valence-corrected chi connectivity index (χ0v) is 17.6. The van der Waals surface area contributed by atoms with Gasteiger partial charge in [-0.1, -0.05) is 60.7 Å². The lowest BCUT2D eigenvalue weighted by atomic mass is 9.90. The van der Waals surface area contributed by atoms with Crippen LogP contribution >= 0.6 is 0 Å². The molecular weight excluding hydrogens is 400 g/mol. The van der Waals surface area contributed by atoms with E-state index in [1.807, 2.05) is 54.6 Å². The molecule has 0 bridgehead atoms. The SMILES string of the molecule is NCC(C(=O)Cc1ccc2cnccc2c1)c1ccc(OCC(=O)c2ccccc2)cc1. The highest BCUT2D eigenvalue weighted by atomic mass is 16.5. The fraction of sp³-hybridized carbons (Fsp3) is 0.148. The molecule has 0 fully saturated rings. The highest BCUT2D eigenvalue weighted by molar-refractivity contribution is 5.97. The van der Waals surface area contributed by atoms with Crippen LogP contribution in [0.25, 0.3) is 10.8 Å². The molecule has 0 spiro atoms. The van der Waals surface area contributed by atoms with Gasteiger partial charge in [-0.3, -0.25) is 14.6 Å². The summed E-state index contributed by atoms with van der Waals surface area (Å²) in [7, 11) is 0. The molecule has 0 saturated heterocycles. The summed E-state index contributed by atoms with van der Waals surface area (Å²) in [4.78, 5) is 29.3. The van der Waals surface area contributed by atoms with Gasteiger partial charge in [0.1, 0.15) is 11.5 Å². The number of benzene rings is 3. The minimum Gasteiger partial charge on any atom is -0.485 e. The lowest BCUT2D eigenvalue weighted by Gasteiger charge is -2.15. The first-order valence-corrected chi connectivity index (χ1v) is 10.5. The van der Waals surface area contributed by atoms with Gasteiger partial charge >= 0.3 is 0 Å². The normalized spacial score (nSPS) is 11.8. The van der Waals surface area contributed by atoms with Crippen LogP contribution in [-0.2, 0) is 11.2 Å². The van der Waals surface area contributed by atoms with Gasteiger partial charge in [0.15, 0.2) is 12.4 Å². The first kappa shape index (κ1) is 21.4. The van der Waals surface area contributed by atoms with Crippen molar-refractivity contribution < 1.29 is 14.3 Å². The molecule has 1 atom stereocenters. The number of pyridine rings is 1. The molecule has 5 nitrogen and oxygen atoms in total. The van der Waals surface area contributed by atoms with E-state index in [4.69, 9.17) is 10.5 Å². The van der Waals surface area contributed by atoms with Crippen LogP contribution in [0, 0.1) is 0 Å². The quantitative estimate of drug-likeness (QED) is 0.404. The van der Waals surface area contributed by atoms with Crippen molar-refractivity contribution in [2.45, 2.75) is 12.3 Å². The summed E-state index contributed by atoms with van der Waals surface area (Å²) in [5.41, 5.74) is 8.35. The van der Waals surface area contributed by atoms with E-state index in [0.717, 1.165) is 21.9 Å². The van der Waals surface area contributed by atoms with E-state index in [1.165, 1.54) is 0 Å². The molecule has 4 rings (SSSR count). The average Bonchev–Trinajstić information content (AvgIpc) is 2.84. The second kappa shape index (κ2) is 9.98. The van der Waals surface area contributed by atoms with Crippen LogP contribution < -0.4 is 10.5 Å². The molecule has 5 heteroatoms. The molecule has 1 aromatic heterocycles. The number of ether oxygens (including phenoxy) is 1. The van der Waals surface area contributed by atoms with Gasteiger partial charge in [-0.25, -0.2) is 0 Å². The number of nitrogens with zero attached hydrogens (tertiary/aromatic N) is 1. The Bertz CT molecular complexity index is 1220. The second-order valence-corrected chi connectivity index (χ2v) is 7.64. The maximum absolute atomic E-state index is 13.0. The van der Waals surface area contributed by atoms with Crippen molar-refractivity contribution in [3.63, 3.8) is 0 Å². The van der Waals surface area contributed by atoms with Gasteiger partial charge in [0.05, 0.1) is 5.92 Å². The van der Waals surface area contributed by atoms with Gasteiger partial charge < -0.3 is 10.5 Å². The number of hydrogen-bond acceptors (Lipinski definition) is 5. The van der Waals surface area contributed by atoms with Crippen molar-refractivity contribution in [1.82, 2.24) is 4.98 Å². The summed E-state index contributed by atoms with van der Waals surface area (Å²) in [6.07, 6.45) is 3.86. The first-order valence-electron chi connectivity index (χ1n) is 10.5. The molecule has 0 aliphatic heterocycles. The number of Topliss-reactive ketones (excluding diaryl/α,β-unsaturated/α-hetero) is 2. The Hall–Kier alpha value is -3.83. The number of hydrogen-bond donors (Lipinski definition) is 1. The van der Waals surface area contributed by atoms with Crippen molar-refractivity contribution in [1.29, 1.82) is 0 Å². The third-order valence-electron chi connectivity index (χ3n) is 5.46. The minimum atomic E-state index is -0.400. The van der Waals surface area contributed by atoms with E-state index in [-0.39, 0.29) is 24.7 Å². The standard InChI is InChI=1S/C27H24N2O3/c28-16-25(26(30)15-19-6-7-23-17-29-13-12-22(23)14-19)20-8-10-24(11-9-20)32-18-27(31)21-4-2-1-3-5-21/h1-14,17,25H,15-16,18,28H2. The maximum atomic E-state index is 13.0. The zero-order chi connectivity index (χ0) is 22.3. The van der Waals surface area contributed by atoms with Crippen LogP contribution in [0.1, 0.15) is 27.4 Å². The Labute approximate surface area is 186 Å². The molecule has 0 saturated carbocycles. The van der Waals surface area contributed by atoms with Crippen molar-refractivity contribution in [2.75, 3.05) is 13.2 Å². The highest BCUT2D eigenvalue weighted by Crippen LogP contribution is 2.23. The Kier molecular flexibility index (Phi) is 6.68. The average molecular weight is 425 g/mol. The largest absolute Gasteiger partial charge is 0.485 e. The van der Waals surface area contributed by atoms with Crippen LogP contribution in [0.2, 0.25) is 0 Å². The van der Waals surface area contributed by atoms with Crippen molar-refractivity contribution in [3.8, 4) is 5.75 Å². The van der Waals surface area contributed by atoms with E-state index < -0.39 is 5.92 Å². The molecule has 3 aromatic carbocycles. The van der Waals surface area contributed by atoms with E-state index in [9.17, 15) is 9.59 Å². The molecule has 0 aliphatic carbocycles. The van der Waals surface area contributed by atoms with Crippen LogP contribution in [0.3, 0.4) is 0 Å². The predicted molar refractivity (Wildman–Crippen MR) is 125 cm³/mol. The highest BCUT2D eigenvalue weighted by Gasteiger charge is 2.19. The van der Waals surface area contributed by atoms with Crippen molar-refractivity contribution in [2.24, 2.45) is 5.73 Å². The lowest BCUT2D eigenvalue weighted by molar-refractivity contribution is -0.119. The van der Waals surface area contributed by atoms with Crippen molar-refractivity contribution >= 4 is 22.3 Å². The molecule has 1 heterocycles. The Morgan fingerprint density at radius 1 is 0.906 bits per heavy atom. The van der Waals surface area contributed by atoms with Crippen LogP contribution in [0.4, 0.5) is 0 Å². The summed E-state index contributed by atoms with van der Waals surface area (Å²) in [6.45, 7) is 0.184. The number of carbonyl (C=O) groups is 2. The Morgan fingerprint density at radius 2 is 1.69 bits per heavy atom. The molecule has 2 N–H and O–H groups in total. The van der Waals surface area contributed by atoms with Gasteiger partial charge in [0, 0.05) is 36.3 Å². The van der Waals surface area contributed by atoms with Gasteiger partial charge in [-0.2, -0.15) is 0 Å². The number of aromatic nitrogens is 1. The fourth-order valence-electron chi connectivity index (χ4n) is 3.67. The van der Waals surface area contributed by atoms with E-state index >= 15 is 0 Å². The zero-order valence-electron chi connectivity index (χ0n) is 17.6. The number of fused-ring (bicyclic) bond motifs is 1. The van der Waals surface area contributed by atoms with E-state index in [1.54, 1.807) is 36.7 Å². The topological polar surface area (TPSA) is 82.3 Å². The van der Waals surface area contributed by atoms with Gasteiger partial charge in [-0.15, -0.1) is 0 Å².